The predicted molar refractivity (Wildman–Crippen MR) is 94.8 cm³/mol. The summed E-state index contributed by atoms with van der Waals surface area (Å²) in [4.78, 5) is 16.6. The van der Waals surface area contributed by atoms with E-state index in [1.165, 1.54) is 0 Å². The minimum absolute atomic E-state index is 0.000551. The number of nitriles is 1. The summed E-state index contributed by atoms with van der Waals surface area (Å²) in [5, 5.41) is 21.7. The maximum atomic E-state index is 12.5. The molecule has 1 aromatic rings. The Bertz CT molecular complexity index is 635. The molecule has 0 aliphatic carbocycles. The second-order valence-electron chi connectivity index (χ2n) is 7.08. The number of phenolic OH excluding ortho intramolecular Hbond substituents is 1. The van der Waals surface area contributed by atoms with Crippen LogP contribution in [0.5, 0.6) is 5.75 Å². The summed E-state index contributed by atoms with van der Waals surface area (Å²) in [6, 6.07) is 9.80. The molecule has 134 valence electrons. The fraction of sp³-hybridized carbons (Fsp3) is 0.579. The molecule has 2 aliphatic rings. The Morgan fingerprint density at radius 3 is 2.80 bits per heavy atom. The van der Waals surface area contributed by atoms with Crippen LogP contribution in [0.4, 0.5) is 4.79 Å². The van der Waals surface area contributed by atoms with Crippen LogP contribution in [0.25, 0.3) is 0 Å². The van der Waals surface area contributed by atoms with Crippen molar-refractivity contribution < 1.29 is 9.90 Å². The molecule has 0 bridgehead atoms. The van der Waals surface area contributed by atoms with Crippen molar-refractivity contribution in [3.63, 3.8) is 0 Å². The van der Waals surface area contributed by atoms with Gasteiger partial charge in [0.2, 0.25) is 0 Å². The summed E-state index contributed by atoms with van der Waals surface area (Å²) >= 11 is 0. The number of piperidine rings is 2. The number of hydrogen-bond acceptors (Lipinski definition) is 4. The van der Waals surface area contributed by atoms with Gasteiger partial charge in [-0.05, 0) is 49.9 Å². The Kier molecular flexibility index (Phi) is 5.77. The maximum Gasteiger partial charge on any atom is 0.317 e. The number of carbonyl (C=O) groups is 1. The number of phenols is 1. The highest BCUT2D eigenvalue weighted by Gasteiger charge is 2.26. The molecule has 1 aromatic carbocycles. The third kappa shape index (κ3) is 4.86. The Hall–Kier alpha value is -2.26. The van der Waals surface area contributed by atoms with Crippen LogP contribution in [0.2, 0.25) is 0 Å². The van der Waals surface area contributed by atoms with Crippen LogP contribution in [-0.4, -0.2) is 53.2 Å². The topological polar surface area (TPSA) is 79.6 Å². The van der Waals surface area contributed by atoms with Crippen molar-refractivity contribution >= 4 is 6.03 Å². The molecule has 25 heavy (non-hydrogen) atoms. The van der Waals surface area contributed by atoms with Gasteiger partial charge in [-0.3, -0.25) is 4.90 Å². The molecule has 2 fully saturated rings. The number of hydrogen-bond donors (Lipinski definition) is 2. The number of carbonyl (C=O) groups excluding carboxylic acids is 1. The lowest BCUT2D eigenvalue weighted by atomic mass is 9.99. The lowest BCUT2D eigenvalue weighted by molar-refractivity contribution is 0.154. The van der Waals surface area contributed by atoms with Gasteiger partial charge in [0.25, 0.3) is 0 Å². The third-order valence-corrected chi connectivity index (χ3v) is 5.11. The average Bonchev–Trinajstić information content (AvgIpc) is 2.62. The number of amides is 2. The lowest BCUT2D eigenvalue weighted by Crippen LogP contribution is -2.52. The van der Waals surface area contributed by atoms with Crippen molar-refractivity contribution in [1.29, 1.82) is 5.26 Å². The van der Waals surface area contributed by atoms with Crippen molar-refractivity contribution in [2.24, 2.45) is 5.92 Å². The average molecular weight is 342 g/mol. The third-order valence-electron chi connectivity index (χ3n) is 5.11. The summed E-state index contributed by atoms with van der Waals surface area (Å²) in [5.74, 6) is 0.386. The minimum atomic E-state index is 0.000551. The fourth-order valence-corrected chi connectivity index (χ4v) is 3.71. The fourth-order valence-electron chi connectivity index (χ4n) is 3.71. The highest BCUT2D eigenvalue weighted by Crippen LogP contribution is 2.19. The van der Waals surface area contributed by atoms with E-state index in [9.17, 15) is 9.90 Å². The van der Waals surface area contributed by atoms with Gasteiger partial charge in [-0.25, -0.2) is 4.79 Å². The molecular weight excluding hydrogens is 316 g/mol. The van der Waals surface area contributed by atoms with Crippen molar-refractivity contribution in [3.8, 4) is 11.8 Å². The highest BCUT2D eigenvalue weighted by atomic mass is 16.3. The van der Waals surface area contributed by atoms with Gasteiger partial charge in [0, 0.05) is 38.1 Å². The lowest BCUT2D eigenvalue weighted by Gasteiger charge is -2.35. The van der Waals surface area contributed by atoms with E-state index in [2.05, 4.69) is 16.3 Å². The number of benzene rings is 1. The largest absolute Gasteiger partial charge is 0.508 e. The Morgan fingerprint density at radius 2 is 2.08 bits per heavy atom. The van der Waals surface area contributed by atoms with Gasteiger partial charge in [0.05, 0.1) is 6.07 Å². The summed E-state index contributed by atoms with van der Waals surface area (Å²) in [5.41, 5.74) is 1.09. The van der Waals surface area contributed by atoms with Gasteiger partial charge in [-0.15, -0.1) is 0 Å². The molecule has 2 heterocycles. The van der Waals surface area contributed by atoms with Crippen LogP contribution in [0.15, 0.2) is 24.3 Å². The van der Waals surface area contributed by atoms with E-state index in [0.29, 0.717) is 18.8 Å². The molecule has 2 saturated heterocycles. The molecule has 0 unspecified atom stereocenters. The normalized spacial score (nSPS) is 22.4. The standard InChI is InChI=1S/C19H26N4O2/c20-12-15-6-9-23(10-7-15)19(25)21-17-4-2-8-22(14-17)13-16-3-1-5-18(24)11-16/h1,3,5,11,15,17,24H,2,4,6-10,13-14H2,(H,21,25)/t17-/m1/s1. The number of aromatic hydroxyl groups is 1. The second-order valence-corrected chi connectivity index (χ2v) is 7.08. The monoisotopic (exact) mass is 342 g/mol. The molecule has 6 nitrogen and oxygen atoms in total. The summed E-state index contributed by atoms with van der Waals surface area (Å²) in [7, 11) is 0. The van der Waals surface area contributed by atoms with Gasteiger partial charge >= 0.3 is 6.03 Å². The first-order chi connectivity index (χ1) is 12.1. The molecule has 0 radical (unpaired) electrons. The van der Waals surface area contributed by atoms with E-state index in [1.54, 1.807) is 12.1 Å². The van der Waals surface area contributed by atoms with Gasteiger partial charge in [0.1, 0.15) is 5.75 Å². The number of nitrogens with one attached hydrogen (secondary N) is 1. The SMILES string of the molecule is N#CC1CCN(C(=O)N[C@@H]2CCCN(Cc3cccc(O)c3)C2)CC1. The molecule has 2 N–H and O–H groups in total. The van der Waals surface area contributed by atoms with Crippen molar-refractivity contribution in [3.05, 3.63) is 29.8 Å². The quantitative estimate of drug-likeness (QED) is 0.883. The Morgan fingerprint density at radius 1 is 1.28 bits per heavy atom. The van der Waals surface area contributed by atoms with Gasteiger partial charge < -0.3 is 15.3 Å². The van der Waals surface area contributed by atoms with E-state index < -0.39 is 0 Å². The van der Waals surface area contributed by atoms with Crippen LogP contribution in [0.1, 0.15) is 31.2 Å². The van der Waals surface area contributed by atoms with E-state index in [-0.39, 0.29) is 18.0 Å². The van der Waals surface area contributed by atoms with Gasteiger partial charge in [-0.1, -0.05) is 12.1 Å². The molecule has 0 saturated carbocycles. The molecule has 0 spiro atoms. The number of urea groups is 1. The minimum Gasteiger partial charge on any atom is -0.508 e. The van der Waals surface area contributed by atoms with Gasteiger partial charge in [0.15, 0.2) is 0 Å². The number of likely N-dealkylation sites (tertiary alicyclic amines) is 2. The first-order valence-electron chi connectivity index (χ1n) is 9.09. The van der Waals surface area contributed by atoms with Gasteiger partial charge in [-0.2, -0.15) is 5.26 Å². The number of rotatable bonds is 3. The molecule has 6 heteroatoms. The van der Waals surface area contributed by atoms with Crippen LogP contribution in [0.3, 0.4) is 0 Å². The van der Waals surface area contributed by atoms with Crippen LogP contribution >= 0.6 is 0 Å². The van der Waals surface area contributed by atoms with Crippen LogP contribution in [-0.2, 0) is 6.54 Å². The predicted octanol–water partition coefficient (Wildman–Crippen LogP) is 2.30. The van der Waals surface area contributed by atoms with E-state index in [0.717, 1.165) is 50.9 Å². The number of nitrogens with zero attached hydrogens (tertiary/aromatic N) is 3. The first-order valence-corrected chi connectivity index (χ1v) is 9.09. The zero-order chi connectivity index (χ0) is 17.6. The van der Waals surface area contributed by atoms with E-state index in [1.807, 2.05) is 17.0 Å². The Labute approximate surface area is 149 Å². The Balaban J connectivity index is 1.48. The van der Waals surface area contributed by atoms with Crippen LogP contribution in [0, 0.1) is 17.2 Å². The zero-order valence-corrected chi connectivity index (χ0v) is 14.5. The molecule has 2 aliphatic heterocycles. The first kappa shape index (κ1) is 17.6. The molecule has 3 rings (SSSR count). The van der Waals surface area contributed by atoms with Crippen molar-refractivity contribution in [2.45, 2.75) is 38.3 Å². The summed E-state index contributed by atoms with van der Waals surface area (Å²) in [6.45, 7) is 3.97. The highest BCUT2D eigenvalue weighted by molar-refractivity contribution is 5.74. The molecule has 0 aromatic heterocycles. The van der Waals surface area contributed by atoms with Crippen molar-refractivity contribution in [1.82, 2.24) is 15.1 Å². The molecular formula is C19H26N4O2. The van der Waals surface area contributed by atoms with Crippen molar-refractivity contribution in [2.75, 3.05) is 26.2 Å². The maximum absolute atomic E-state index is 12.5. The molecule has 2 amide bonds. The smallest absolute Gasteiger partial charge is 0.317 e. The van der Waals surface area contributed by atoms with E-state index in [4.69, 9.17) is 5.26 Å². The van der Waals surface area contributed by atoms with E-state index >= 15 is 0 Å². The molecule has 1 atom stereocenters. The van der Waals surface area contributed by atoms with Crippen LogP contribution < -0.4 is 5.32 Å². The zero-order valence-electron chi connectivity index (χ0n) is 14.5. The summed E-state index contributed by atoms with van der Waals surface area (Å²) < 4.78 is 0. The summed E-state index contributed by atoms with van der Waals surface area (Å²) in [6.07, 6.45) is 3.60. The second kappa shape index (κ2) is 8.21.